The maximum absolute atomic E-state index is 12.0. The van der Waals surface area contributed by atoms with Gasteiger partial charge >= 0.3 is 5.69 Å². The highest BCUT2D eigenvalue weighted by Crippen LogP contribution is 2.21. The highest BCUT2D eigenvalue weighted by molar-refractivity contribution is 5.78. The van der Waals surface area contributed by atoms with E-state index in [4.69, 9.17) is 0 Å². The van der Waals surface area contributed by atoms with Gasteiger partial charge in [-0.3, -0.25) is 4.57 Å². The molecule has 4 heteroatoms. The number of hydrogen-bond acceptors (Lipinski definition) is 2. The molecule has 1 aromatic carbocycles. The first kappa shape index (κ1) is 9.66. The summed E-state index contributed by atoms with van der Waals surface area (Å²) in [5, 5.41) is 3.30. The van der Waals surface area contributed by atoms with Gasteiger partial charge in [-0.25, -0.2) is 4.79 Å². The molecule has 4 nitrogen and oxygen atoms in total. The van der Waals surface area contributed by atoms with Crippen LogP contribution in [-0.4, -0.2) is 22.6 Å². The Bertz CT molecular complexity index is 575. The van der Waals surface area contributed by atoms with E-state index < -0.39 is 0 Å². The third-order valence-corrected chi connectivity index (χ3v) is 3.34. The van der Waals surface area contributed by atoms with E-state index in [2.05, 4.69) is 23.3 Å². The first-order valence-corrected chi connectivity index (χ1v) is 5.68. The van der Waals surface area contributed by atoms with Crippen LogP contribution in [0, 0.1) is 6.92 Å². The van der Waals surface area contributed by atoms with Gasteiger partial charge in [0.25, 0.3) is 0 Å². The summed E-state index contributed by atoms with van der Waals surface area (Å²) < 4.78 is 1.91. The summed E-state index contributed by atoms with van der Waals surface area (Å²) in [6.07, 6.45) is 1.03. The van der Waals surface area contributed by atoms with Gasteiger partial charge in [0, 0.05) is 6.54 Å². The number of nitrogens with one attached hydrogen (secondary N) is 2. The van der Waals surface area contributed by atoms with Crippen molar-refractivity contribution in [1.29, 1.82) is 0 Å². The molecule has 0 spiro atoms. The van der Waals surface area contributed by atoms with Gasteiger partial charge in [-0.05, 0) is 31.5 Å². The molecule has 0 radical (unpaired) electrons. The molecule has 0 amide bonds. The highest BCUT2D eigenvalue weighted by Gasteiger charge is 2.21. The van der Waals surface area contributed by atoms with E-state index in [0.29, 0.717) is 6.04 Å². The van der Waals surface area contributed by atoms with Crippen LogP contribution in [0.15, 0.2) is 23.0 Å². The lowest BCUT2D eigenvalue weighted by Crippen LogP contribution is -2.24. The van der Waals surface area contributed by atoms with E-state index >= 15 is 0 Å². The van der Waals surface area contributed by atoms with Crippen LogP contribution in [0.5, 0.6) is 0 Å². The van der Waals surface area contributed by atoms with Gasteiger partial charge in [0.1, 0.15) is 0 Å². The number of nitrogens with zero attached hydrogens (tertiary/aromatic N) is 1. The maximum Gasteiger partial charge on any atom is 0.326 e. The minimum atomic E-state index is 0.0120. The number of benzene rings is 1. The van der Waals surface area contributed by atoms with Crippen molar-refractivity contribution in [1.82, 2.24) is 14.9 Å². The standard InChI is InChI=1S/C12H15N3O/c1-8-3-2-4-10-11(8)15(12(16)14-10)9-5-6-13-7-9/h2-4,9,13H,5-7H2,1H3,(H,14,16). The van der Waals surface area contributed by atoms with Crippen molar-refractivity contribution < 1.29 is 0 Å². The summed E-state index contributed by atoms with van der Waals surface area (Å²) in [5.41, 5.74) is 3.17. The van der Waals surface area contributed by atoms with Gasteiger partial charge in [-0.1, -0.05) is 12.1 Å². The molecule has 1 aromatic heterocycles. The molecule has 1 saturated heterocycles. The molecule has 2 heterocycles. The van der Waals surface area contributed by atoms with Crippen LogP contribution in [-0.2, 0) is 0 Å². The van der Waals surface area contributed by atoms with E-state index in [-0.39, 0.29) is 5.69 Å². The summed E-state index contributed by atoms with van der Waals surface area (Å²) in [7, 11) is 0. The Labute approximate surface area is 93.3 Å². The van der Waals surface area contributed by atoms with Crippen LogP contribution < -0.4 is 11.0 Å². The molecule has 0 aliphatic carbocycles. The zero-order valence-electron chi connectivity index (χ0n) is 9.29. The van der Waals surface area contributed by atoms with Crippen LogP contribution in [0.2, 0.25) is 0 Å². The molecule has 0 bridgehead atoms. The lowest BCUT2D eigenvalue weighted by atomic mass is 10.2. The molecule has 1 atom stereocenters. The van der Waals surface area contributed by atoms with Crippen molar-refractivity contribution in [3.8, 4) is 0 Å². The number of H-pyrrole nitrogens is 1. The molecule has 3 rings (SSSR count). The predicted octanol–water partition coefficient (Wildman–Crippen LogP) is 1.17. The number of hydrogen-bond donors (Lipinski definition) is 2. The molecular weight excluding hydrogens is 202 g/mol. The molecule has 1 unspecified atom stereocenters. The number of aromatic nitrogens is 2. The summed E-state index contributed by atoms with van der Waals surface area (Å²) in [5.74, 6) is 0. The van der Waals surface area contributed by atoms with Gasteiger partial charge in [-0.15, -0.1) is 0 Å². The third-order valence-electron chi connectivity index (χ3n) is 3.34. The Balaban J connectivity index is 2.29. The normalized spacial score (nSPS) is 20.7. The summed E-state index contributed by atoms with van der Waals surface area (Å²) >= 11 is 0. The minimum Gasteiger partial charge on any atom is -0.315 e. The second kappa shape index (κ2) is 3.49. The van der Waals surface area contributed by atoms with E-state index in [9.17, 15) is 4.79 Å². The van der Waals surface area contributed by atoms with Crippen LogP contribution in [0.1, 0.15) is 18.0 Å². The molecule has 84 valence electrons. The summed E-state index contributed by atoms with van der Waals surface area (Å²) in [4.78, 5) is 14.9. The SMILES string of the molecule is Cc1cccc2[nH]c(=O)n(C3CCNC3)c12. The van der Waals surface area contributed by atoms with Gasteiger partial charge in [0.2, 0.25) is 0 Å². The fourth-order valence-electron chi connectivity index (χ4n) is 2.56. The van der Waals surface area contributed by atoms with Crippen molar-refractivity contribution in [2.45, 2.75) is 19.4 Å². The van der Waals surface area contributed by atoms with Crippen LogP contribution in [0.3, 0.4) is 0 Å². The van der Waals surface area contributed by atoms with Crippen molar-refractivity contribution in [2.24, 2.45) is 0 Å². The third kappa shape index (κ3) is 1.30. The molecule has 2 N–H and O–H groups in total. The number of imidazole rings is 1. The topological polar surface area (TPSA) is 49.8 Å². The van der Waals surface area contributed by atoms with E-state index in [1.54, 1.807) is 0 Å². The summed E-state index contributed by atoms with van der Waals surface area (Å²) in [6.45, 7) is 3.94. The highest BCUT2D eigenvalue weighted by atomic mass is 16.1. The lowest BCUT2D eigenvalue weighted by molar-refractivity contribution is 0.545. The summed E-state index contributed by atoms with van der Waals surface area (Å²) in [6, 6.07) is 6.28. The molecule has 1 aliphatic heterocycles. The Hall–Kier alpha value is -1.55. The number of aromatic amines is 1. The predicted molar refractivity (Wildman–Crippen MR) is 63.8 cm³/mol. The largest absolute Gasteiger partial charge is 0.326 e. The van der Waals surface area contributed by atoms with Crippen LogP contribution in [0.4, 0.5) is 0 Å². The second-order valence-electron chi connectivity index (χ2n) is 4.42. The molecule has 1 fully saturated rings. The fourth-order valence-corrected chi connectivity index (χ4v) is 2.56. The number of para-hydroxylation sites is 1. The quantitative estimate of drug-likeness (QED) is 0.753. The number of fused-ring (bicyclic) bond motifs is 1. The molecule has 1 aliphatic rings. The average molecular weight is 217 g/mol. The average Bonchev–Trinajstić information content (AvgIpc) is 2.84. The van der Waals surface area contributed by atoms with Crippen molar-refractivity contribution >= 4 is 11.0 Å². The lowest BCUT2D eigenvalue weighted by Gasteiger charge is -2.11. The van der Waals surface area contributed by atoms with E-state index in [0.717, 1.165) is 36.1 Å². The fraction of sp³-hybridized carbons (Fsp3) is 0.417. The number of rotatable bonds is 1. The van der Waals surface area contributed by atoms with Gasteiger partial charge in [-0.2, -0.15) is 0 Å². The molecule has 0 saturated carbocycles. The first-order valence-electron chi connectivity index (χ1n) is 5.68. The van der Waals surface area contributed by atoms with E-state index in [1.165, 1.54) is 0 Å². The Morgan fingerprint density at radius 2 is 2.31 bits per heavy atom. The van der Waals surface area contributed by atoms with Crippen molar-refractivity contribution in [3.63, 3.8) is 0 Å². The molecule has 2 aromatic rings. The number of aryl methyl sites for hydroxylation is 1. The first-order chi connectivity index (χ1) is 7.77. The molecule has 16 heavy (non-hydrogen) atoms. The Morgan fingerprint density at radius 3 is 3.06 bits per heavy atom. The zero-order valence-corrected chi connectivity index (χ0v) is 9.29. The van der Waals surface area contributed by atoms with Gasteiger partial charge in [0.05, 0.1) is 17.1 Å². The monoisotopic (exact) mass is 217 g/mol. The smallest absolute Gasteiger partial charge is 0.315 e. The van der Waals surface area contributed by atoms with Crippen LogP contribution >= 0.6 is 0 Å². The second-order valence-corrected chi connectivity index (χ2v) is 4.42. The van der Waals surface area contributed by atoms with Crippen LogP contribution in [0.25, 0.3) is 11.0 Å². The van der Waals surface area contributed by atoms with Crippen molar-refractivity contribution in [3.05, 3.63) is 34.2 Å². The van der Waals surface area contributed by atoms with Crippen molar-refractivity contribution in [2.75, 3.05) is 13.1 Å². The van der Waals surface area contributed by atoms with Gasteiger partial charge in [0.15, 0.2) is 0 Å². The Kier molecular flexibility index (Phi) is 2.11. The zero-order chi connectivity index (χ0) is 11.1. The van der Waals surface area contributed by atoms with Gasteiger partial charge < -0.3 is 10.3 Å². The minimum absolute atomic E-state index is 0.0120. The molecular formula is C12H15N3O. The Morgan fingerprint density at radius 1 is 1.44 bits per heavy atom. The van der Waals surface area contributed by atoms with E-state index in [1.807, 2.05) is 16.7 Å². The maximum atomic E-state index is 12.0.